The maximum absolute atomic E-state index is 3.77. The van der Waals surface area contributed by atoms with Crippen molar-refractivity contribution in [2.75, 3.05) is 20.1 Å². The molecule has 1 N–H and O–H groups in total. The molecule has 0 aliphatic heterocycles. The number of nitrogens with zero attached hydrogens (tertiary/aromatic N) is 1. The first kappa shape index (κ1) is 13.9. The van der Waals surface area contributed by atoms with Crippen molar-refractivity contribution in [1.29, 1.82) is 0 Å². The summed E-state index contributed by atoms with van der Waals surface area (Å²) in [4.78, 5) is 2.27. The van der Waals surface area contributed by atoms with Gasteiger partial charge in [0, 0.05) is 19.6 Å². The molecule has 0 unspecified atom stereocenters. The maximum atomic E-state index is 3.77. The van der Waals surface area contributed by atoms with E-state index in [0.717, 1.165) is 26.2 Å². The Balaban J connectivity index is 2.60. The third-order valence-corrected chi connectivity index (χ3v) is 2.74. The van der Waals surface area contributed by atoms with Crippen molar-refractivity contribution in [1.82, 2.24) is 10.2 Å². The van der Waals surface area contributed by atoms with E-state index in [-0.39, 0.29) is 0 Å². The summed E-state index contributed by atoms with van der Waals surface area (Å²) in [7, 11) is 2.12. The van der Waals surface area contributed by atoms with Crippen LogP contribution in [0.15, 0.2) is 36.9 Å². The van der Waals surface area contributed by atoms with Crippen molar-refractivity contribution in [3.63, 3.8) is 0 Å². The zero-order chi connectivity index (χ0) is 12.5. The van der Waals surface area contributed by atoms with Crippen LogP contribution in [0.3, 0.4) is 0 Å². The Labute approximate surface area is 105 Å². The van der Waals surface area contributed by atoms with Gasteiger partial charge >= 0.3 is 0 Å². The first-order valence-electron chi connectivity index (χ1n) is 6.34. The first-order chi connectivity index (χ1) is 8.27. The molecule has 1 aromatic rings. The Morgan fingerprint density at radius 3 is 2.65 bits per heavy atom. The number of hydrogen-bond donors (Lipinski definition) is 1. The van der Waals surface area contributed by atoms with Crippen LogP contribution in [0.25, 0.3) is 0 Å². The fraction of sp³-hybridized carbons (Fsp3) is 0.467. The molecule has 0 bridgehead atoms. The minimum atomic E-state index is 0.927. The molecule has 17 heavy (non-hydrogen) atoms. The van der Waals surface area contributed by atoms with Crippen molar-refractivity contribution in [2.24, 2.45) is 0 Å². The third-order valence-electron chi connectivity index (χ3n) is 2.74. The smallest absolute Gasteiger partial charge is 0.0237 e. The quantitative estimate of drug-likeness (QED) is 0.548. The molecule has 0 aliphatic carbocycles. The summed E-state index contributed by atoms with van der Waals surface area (Å²) >= 11 is 0. The van der Waals surface area contributed by atoms with Crippen LogP contribution in [0.2, 0.25) is 0 Å². The van der Waals surface area contributed by atoms with Crippen molar-refractivity contribution in [2.45, 2.75) is 26.4 Å². The lowest BCUT2D eigenvalue weighted by Gasteiger charge is -2.17. The van der Waals surface area contributed by atoms with Crippen molar-refractivity contribution in [3.8, 4) is 0 Å². The molecule has 1 rings (SSSR count). The highest BCUT2D eigenvalue weighted by atomic mass is 15.1. The van der Waals surface area contributed by atoms with Gasteiger partial charge in [0.2, 0.25) is 0 Å². The van der Waals surface area contributed by atoms with E-state index < -0.39 is 0 Å². The monoisotopic (exact) mass is 232 g/mol. The van der Waals surface area contributed by atoms with Crippen LogP contribution >= 0.6 is 0 Å². The van der Waals surface area contributed by atoms with E-state index in [0.29, 0.717) is 0 Å². The summed E-state index contributed by atoms with van der Waals surface area (Å²) in [5.41, 5.74) is 2.80. The average molecular weight is 232 g/mol. The molecule has 0 aliphatic rings. The lowest BCUT2D eigenvalue weighted by molar-refractivity contribution is 0.362. The fourth-order valence-electron chi connectivity index (χ4n) is 1.86. The fourth-order valence-corrected chi connectivity index (χ4v) is 1.86. The van der Waals surface area contributed by atoms with Gasteiger partial charge in [-0.15, -0.1) is 6.58 Å². The van der Waals surface area contributed by atoms with Crippen LogP contribution in [0, 0.1) is 0 Å². The van der Waals surface area contributed by atoms with Crippen molar-refractivity contribution >= 4 is 0 Å². The Kier molecular flexibility index (Phi) is 6.60. The molecule has 0 aromatic heterocycles. The molecule has 1 aromatic carbocycles. The van der Waals surface area contributed by atoms with Gasteiger partial charge in [0.15, 0.2) is 0 Å². The summed E-state index contributed by atoms with van der Waals surface area (Å²) in [6.45, 7) is 9.92. The molecule has 0 heterocycles. The summed E-state index contributed by atoms with van der Waals surface area (Å²) in [6.07, 6.45) is 3.12. The van der Waals surface area contributed by atoms with E-state index in [1.54, 1.807) is 0 Å². The number of rotatable bonds is 8. The number of hydrogen-bond acceptors (Lipinski definition) is 2. The van der Waals surface area contributed by atoms with Crippen molar-refractivity contribution in [3.05, 3.63) is 48.0 Å². The van der Waals surface area contributed by atoms with E-state index in [1.165, 1.54) is 17.5 Å². The normalized spacial score (nSPS) is 10.8. The average Bonchev–Trinajstić information content (AvgIpc) is 2.32. The van der Waals surface area contributed by atoms with Crippen LogP contribution in [0.4, 0.5) is 0 Å². The lowest BCUT2D eigenvalue weighted by atomic mass is 10.1. The van der Waals surface area contributed by atoms with Gasteiger partial charge in [0.1, 0.15) is 0 Å². The van der Waals surface area contributed by atoms with E-state index in [2.05, 4.69) is 55.0 Å². The van der Waals surface area contributed by atoms with Gasteiger partial charge in [-0.05, 0) is 31.1 Å². The van der Waals surface area contributed by atoms with Crippen LogP contribution in [-0.2, 0) is 13.1 Å². The molecule has 0 spiro atoms. The molecule has 2 nitrogen and oxygen atoms in total. The van der Waals surface area contributed by atoms with Gasteiger partial charge < -0.3 is 5.32 Å². The second-order valence-corrected chi connectivity index (χ2v) is 4.43. The zero-order valence-electron chi connectivity index (χ0n) is 11.1. The largest absolute Gasteiger partial charge is 0.313 e. The molecule has 0 atom stereocenters. The minimum Gasteiger partial charge on any atom is -0.313 e. The predicted molar refractivity (Wildman–Crippen MR) is 75.0 cm³/mol. The lowest BCUT2D eigenvalue weighted by Crippen LogP contribution is -2.20. The third kappa shape index (κ3) is 5.16. The highest BCUT2D eigenvalue weighted by molar-refractivity contribution is 5.27. The molecule has 0 fully saturated rings. The second kappa shape index (κ2) is 8.04. The Bertz CT molecular complexity index is 333. The van der Waals surface area contributed by atoms with E-state index in [4.69, 9.17) is 0 Å². The standard InChI is InChI=1S/C15H24N2/c1-4-10-16-12-14-8-6-7-9-15(14)13-17(3)11-5-2/h5-9,16H,2,4,10-13H2,1,3H3. The van der Waals surface area contributed by atoms with Crippen molar-refractivity contribution < 1.29 is 0 Å². The van der Waals surface area contributed by atoms with E-state index in [9.17, 15) is 0 Å². The van der Waals surface area contributed by atoms with E-state index >= 15 is 0 Å². The molecule has 2 heteroatoms. The maximum Gasteiger partial charge on any atom is 0.0237 e. The molecule has 0 saturated heterocycles. The topological polar surface area (TPSA) is 15.3 Å². The van der Waals surface area contributed by atoms with Crippen LogP contribution < -0.4 is 5.32 Å². The summed E-state index contributed by atoms with van der Waals surface area (Å²) in [5.74, 6) is 0. The van der Waals surface area contributed by atoms with Gasteiger partial charge in [-0.3, -0.25) is 4.90 Å². The Hall–Kier alpha value is -1.12. The number of benzene rings is 1. The van der Waals surface area contributed by atoms with Gasteiger partial charge in [-0.1, -0.05) is 37.3 Å². The highest BCUT2D eigenvalue weighted by Crippen LogP contribution is 2.10. The molecule has 94 valence electrons. The Morgan fingerprint density at radius 1 is 1.29 bits per heavy atom. The number of nitrogens with one attached hydrogen (secondary N) is 1. The zero-order valence-corrected chi connectivity index (χ0v) is 11.1. The molecular weight excluding hydrogens is 208 g/mol. The van der Waals surface area contributed by atoms with Gasteiger partial charge in [-0.2, -0.15) is 0 Å². The van der Waals surface area contributed by atoms with Crippen LogP contribution in [0.5, 0.6) is 0 Å². The summed E-state index contributed by atoms with van der Waals surface area (Å²) < 4.78 is 0. The SMILES string of the molecule is C=CCN(C)Cc1ccccc1CNCCC. The van der Waals surface area contributed by atoms with Gasteiger partial charge in [0.25, 0.3) is 0 Å². The van der Waals surface area contributed by atoms with Crippen LogP contribution in [0.1, 0.15) is 24.5 Å². The molecule has 0 radical (unpaired) electrons. The highest BCUT2D eigenvalue weighted by Gasteiger charge is 2.03. The predicted octanol–water partition coefficient (Wildman–Crippen LogP) is 2.80. The summed E-state index contributed by atoms with van der Waals surface area (Å²) in [6, 6.07) is 8.64. The first-order valence-corrected chi connectivity index (χ1v) is 6.34. The van der Waals surface area contributed by atoms with Gasteiger partial charge in [0.05, 0.1) is 0 Å². The van der Waals surface area contributed by atoms with Crippen LogP contribution in [-0.4, -0.2) is 25.0 Å². The summed E-state index contributed by atoms with van der Waals surface area (Å²) in [5, 5.41) is 3.46. The van der Waals surface area contributed by atoms with Gasteiger partial charge in [-0.25, -0.2) is 0 Å². The molecular formula is C15H24N2. The second-order valence-electron chi connectivity index (χ2n) is 4.43. The Morgan fingerprint density at radius 2 is 2.00 bits per heavy atom. The molecule has 0 saturated carbocycles. The molecule has 0 amide bonds. The number of likely N-dealkylation sites (N-methyl/N-ethyl adjacent to an activating group) is 1. The minimum absolute atomic E-state index is 0.927. The van der Waals surface area contributed by atoms with E-state index in [1.807, 2.05) is 6.08 Å².